The van der Waals surface area contributed by atoms with Gasteiger partial charge in [0.2, 0.25) is 0 Å². The van der Waals surface area contributed by atoms with E-state index in [1.165, 1.54) is 24.5 Å². The third kappa shape index (κ3) is 5.19. The molecule has 0 aliphatic heterocycles. The molecule has 1 aromatic rings. The molecule has 3 rings (SSSR count). The van der Waals surface area contributed by atoms with Gasteiger partial charge in [0.1, 0.15) is 6.10 Å². The molecule has 27 heavy (non-hydrogen) atoms. The van der Waals surface area contributed by atoms with Crippen molar-refractivity contribution < 1.29 is 19.5 Å². The topological polar surface area (TPSA) is 75.6 Å². The Labute approximate surface area is 160 Å². The first-order valence-corrected chi connectivity index (χ1v) is 10.0. The average molecular weight is 371 g/mol. The van der Waals surface area contributed by atoms with Gasteiger partial charge in [0.05, 0.1) is 5.41 Å². The molecule has 2 saturated carbocycles. The van der Waals surface area contributed by atoms with Gasteiger partial charge in [-0.1, -0.05) is 37.1 Å². The van der Waals surface area contributed by atoms with Gasteiger partial charge in [-0.05, 0) is 68.6 Å². The van der Waals surface area contributed by atoms with Gasteiger partial charge in [0.25, 0.3) is 5.91 Å². The van der Waals surface area contributed by atoms with Crippen molar-refractivity contribution in [1.82, 2.24) is 5.48 Å². The van der Waals surface area contributed by atoms with Crippen LogP contribution in [0.4, 0.5) is 0 Å². The number of rotatable bonds is 7. The number of carbonyl (C=O) groups excluding carboxylic acids is 2. The summed E-state index contributed by atoms with van der Waals surface area (Å²) in [6.45, 7) is 0. The monoisotopic (exact) mass is 371 g/mol. The summed E-state index contributed by atoms with van der Waals surface area (Å²) in [4.78, 5) is 23.9. The van der Waals surface area contributed by atoms with E-state index in [1.807, 2.05) is 24.3 Å². The fraction of sp³-hybridized carbons (Fsp3) is 0.545. The van der Waals surface area contributed by atoms with Gasteiger partial charge in [-0.15, -0.1) is 0 Å². The predicted octanol–water partition coefficient (Wildman–Crippen LogP) is 4.18. The molecule has 2 N–H and O–H groups in total. The van der Waals surface area contributed by atoms with E-state index in [1.54, 1.807) is 11.6 Å². The van der Waals surface area contributed by atoms with Crippen LogP contribution in [0.15, 0.2) is 30.3 Å². The molecule has 0 spiro atoms. The van der Waals surface area contributed by atoms with E-state index < -0.39 is 5.91 Å². The van der Waals surface area contributed by atoms with Crippen LogP contribution in [0.2, 0.25) is 0 Å². The van der Waals surface area contributed by atoms with Crippen LogP contribution in [0, 0.1) is 5.41 Å². The van der Waals surface area contributed by atoms with Gasteiger partial charge in [0.15, 0.2) is 0 Å². The molecular weight excluding hydrogens is 342 g/mol. The zero-order valence-corrected chi connectivity index (χ0v) is 15.8. The second-order valence-electron chi connectivity index (χ2n) is 7.85. The Kier molecular flexibility index (Phi) is 6.67. The van der Waals surface area contributed by atoms with Gasteiger partial charge < -0.3 is 4.74 Å². The number of esters is 1. The standard InChI is InChI=1S/C22H29NO4/c24-20(23-26)12-11-17-7-9-18(10-8-17)13-16-22(14-3-4-15-22)21(25)27-19-5-1-2-6-19/h7-12,19,26H,1-6,13-16H2,(H,23,24)/b12-11+. The zero-order valence-electron chi connectivity index (χ0n) is 15.8. The number of aryl methyl sites for hydroxylation is 1. The number of carbonyl (C=O) groups is 2. The van der Waals surface area contributed by atoms with Crippen molar-refractivity contribution in [3.05, 3.63) is 41.5 Å². The second-order valence-corrected chi connectivity index (χ2v) is 7.85. The van der Waals surface area contributed by atoms with Gasteiger partial charge in [-0.25, -0.2) is 5.48 Å². The third-order valence-corrected chi connectivity index (χ3v) is 5.98. The molecule has 146 valence electrons. The maximum absolute atomic E-state index is 12.9. The molecule has 0 aromatic heterocycles. The lowest BCUT2D eigenvalue weighted by atomic mass is 9.80. The highest BCUT2D eigenvalue weighted by Crippen LogP contribution is 2.44. The summed E-state index contributed by atoms with van der Waals surface area (Å²) in [5.74, 6) is -0.524. The van der Waals surface area contributed by atoms with Crippen molar-refractivity contribution in [3.8, 4) is 0 Å². The SMILES string of the molecule is O=C(/C=C/c1ccc(CCC2(C(=O)OC3CCCC3)CCCC2)cc1)NO. The first-order valence-electron chi connectivity index (χ1n) is 10.0. The summed E-state index contributed by atoms with van der Waals surface area (Å²) in [7, 11) is 0. The molecular formula is C22H29NO4. The summed E-state index contributed by atoms with van der Waals surface area (Å²) in [5, 5.41) is 8.50. The Bertz CT molecular complexity index is 668. The molecule has 1 amide bonds. The first-order chi connectivity index (χ1) is 13.1. The van der Waals surface area contributed by atoms with Crippen LogP contribution in [-0.2, 0) is 20.7 Å². The Morgan fingerprint density at radius 3 is 2.41 bits per heavy atom. The molecule has 5 nitrogen and oxygen atoms in total. The van der Waals surface area contributed by atoms with Crippen LogP contribution in [0.25, 0.3) is 6.08 Å². The molecule has 0 unspecified atom stereocenters. The van der Waals surface area contributed by atoms with E-state index in [2.05, 4.69) is 0 Å². The number of hydrogen-bond donors (Lipinski definition) is 2. The van der Waals surface area contributed by atoms with Crippen LogP contribution < -0.4 is 5.48 Å². The fourth-order valence-corrected chi connectivity index (χ4v) is 4.28. The number of nitrogens with one attached hydrogen (secondary N) is 1. The van der Waals surface area contributed by atoms with Gasteiger partial charge in [0, 0.05) is 6.08 Å². The second kappa shape index (κ2) is 9.18. The Morgan fingerprint density at radius 1 is 1.11 bits per heavy atom. The van der Waals surface area contributed by atoms with Crippen LogP contribution in [0.5, 0.6) is 0 Å². The van der Waals surface area contributed by atoms with Gasteiger partial charge >= 0.3 is 5.97 Å². The highest BCUT2D eigenvalue weighted by molar-refractivity contribution is 5.90. The minimum Gasteiger partial charge on any atom is -0.462 e. The van der Waals surface area contributed by atoms with Crippen molar-refractivity contribution >= 4 is 18.0 Å². The van der Waals surface area contributed by atoms with E-state index in [0.29, 0.717) is 0 Å². The molecule has 0 bridgehead atoms. The van der Waals surface area contributed by atoms with Crippen LogP contribution >= 0.6 is 0 Å². The van der Waals surface area contributed by atoms with E-state index in [9.17, 15) is 9.59 Å². The van der Waals surface area contributed by atoms with Crippen molar-refractivity contribution in [2.24, 2.45) is 5.41 Å². The van der Waals surface area contributed by atoms with Crippen molar-refractivity contribution in [2.75, 3.05) is 0 Å². The minimum atomic E-state index is -0.553. The van der Waals surface area contributed by atoms with Gasteiger partial charge in [-0.3, -0.25) is 14.8 Å². The number of ether oxygens (including phenoxy) is 1. The lowest BCUT2D eigenvalue weighted by molar-refractivity contribution is -0.161. The third-order valence-electron chi connectivity index (χ3n) is 5.98. The molecule has 5 heteroatoms. The number of benzene rings is 1. The number of amides is 1. The maximum atomic E-state index is 12.9. The quantitative estimate of drug-likeness (QED) is 0.326. The lowest BCUT2D eigenvalue weighted by Gasteiger charge is -2.28. The van der Waals surface area contributed by atoms with E-state index in [-0.39, 0.29) is 17.5 Å². The lowest BCUT2D eigenvalue weighted by Crippen LogP contribution is -2.33. The van der Waals surface area contributed by atoms with Crippen LogP contribution in [0.3, 0.4) is 0 Å². The summed E-state index contributed by atoms with van der Waals surface area (Å²) in [6, 6.07) is 7.94. The fourth-order valence-electron chi connectivity index (χ4n) is 4.28. The average Bonchev–Trinajstić information content (AvgIpc) is 3.38. The molecule has 2 aliphatic rings. The van der Waals surface area contributed by atoms with Crippen molar-refractivity contribution in [2.45, 2.75) is 70.3 Å². The normalized spacial score (nSPS) is 19.4. The zero-order chi connectivity index (χ0) is 19.1. The molecule has 2 aliphatic carbocycles. The molecule has 1 aromatic carbocycles. The molecule has 2 fully saturated rings. The maximum Gasteiger partial charge on any atom is 0.312 e. The molecule has 0 atom stereocenters. The predicted molar refractivity (Wildman–Crippen MR) is 103 cm³/mol. The highest BCUT2D eigenvalue weighted by Gasteiger charge is 2.43. The van der Waals surface area contributed by atoms with E-state index in [4.69, 9.17) is 9.94 Å². The Hall–Kier alpha value is -2.14. The van der Waals surface area contributed by atoms with E-state index in [0.717, 1.165) is 56.9 Å². The number of hydroxylamine groups is 1. The molecule has 0 saturated heterocycles. The Morgan fingerprint density at radius 2 is 1.78 bits per heavy atom. The van der Waals surface area contributed by atoms with E-state index >= 15 is 0 Å². The van der Waals surface area contributed by atoms with Gasteiger partial charge in [-0.2, -0.15) is 0 Å². The van der Waals surface area contributed by atoms with Crippen LogP contribution in [-0.4, -0.2) is 23.2 Å². The minimum absolute atomic E-state index is 0.0291. The molecule has 0 heterocycles. The summed E-state index contributed by atoms with van der Waals surface area (Å²) in [5.41, 5.74) is 3.33. The summed E-state index contributed by atoms with van der Waals surface area (Å²) in [6.07, 6.45) is 13.2. The molecule has 0 radical (unpaired) electrons. The highest BCUT2D eigenvalue weighted by atomic mass is 16.5. The number of hydrogen-bond acceptors (Lipinski definition) is 4. The van der Waals surface area contributed by atoms with Crippen LogP contribution in [0.1, 0.15) is 68.9 Å². The first kappa shape index (κ1) is 19.6. The van der Waals surface area contributed by atoms with Crippen molar-refractivity contribution in [1.29, 1.82) is 0 Å². The Balaban J connectivity index is 1.58. The smallest absolute Gasteiger partial charge is 0.312 e. The van der Waals surface area contributed by atoms with Crippen molar-refractivity contribution in [3.63, 3.8) is 0 Å². The largest absolute Gasteiger partial charge is 0.462 e. The summed E-state index contributed by atoms with van der Waals surface area (Å²) < 4.78 is 5.86. The summed E-state index contributed by atoms with van der Waals surface area (Å²) >= 11 is 0.